The van der Waals surface area contributed by atoms with Gasteiger partial charge in [0.25, 0.3) is 11.4 Å². The van der Waals surface area contributed by atoms with Gasteiger partial charge in [0.15, 0.2) is 0 Å². The normalized spacial score (nSPS) is 14.5. The number of nitrogens with zero attached hydrogens (tertiary/aromatic N) is 4. The minimum atomic E-state index is -0.641. The van der Waals surface area contributed by atoms with E-state index in [9.17, 15) is 20.2 Å². The third-order valence-corrected chi connectivity index (χ3v) is 5.49. The number of aromatic nitrogens is 1. The Morgan fingerprint density at radius 2 is 1.89 bits per heavy atom. The Kier molecular flexibility index (Phi) is 4.44. The highest BCUT2D eigenvalue weighted by Crippen LogP contribution is 2.47. The third kappa shape index (κ3) is 3.05. The summed E-state index contributed by atoms with van der Waals surface area (Å²) in [5.74, 6) is 0.807. The molecule has 9 heteroatoms. The minimum Gasteiger partial charge on any atom is -0.320 e. The van der Waals surface area contributed by atoms with Gasteiger partial charge in [-0.05, 0) is 31.2 Å². The molecule has 1 aliphatic heterocycles. The third-order valence-electron chi connectivity index (χ3n) is 4.42. The molecule has 0 fully saturated rings. The first-order valence-electron chi connectivity index (χ1n) is 8.47. The molecule has 0 aliphatic carbocycles. The van der Waals surface area contributed by atoms with E-state index in [2.05, 4.69) is 6.07 Å². The Morgan fingerprint density at radius 3 is 2.61 bits per heavy atom. The molecule has 4 rings (SSSR count). The van der Waals surface area contributed by atoms with Gasteiger partial charge in [-0.1, -0.05) is 30.0 Å². The fraction of sp³-hybridized carbons (Fsp3) is 0.105. The molecule has 8 nitrogen and oxygen atoms in total. The number of benzene rings is 2. The standard InChI is InChI=1S/C19H14N4O4S/c1-2-21-18(10-13-7-8-14(22(24)25)11-16(13)23(26)27)28-17-9-12-5-3-4-6-15(12)20-19(17)21/h3-11H,2H2,1H3. The summed E-state index contributed by atoms with van der Waals surface area (Å²) in [5.41, 5.74) is 0.584. The molecule has 1 aromatic heterocycles. The smallest absolute Gasteiger partial charge is 0.283 e. The van der Waals surface area contributed by atoms with Gasteiger partial charge in [-0.15, -0.1) is 0 Å². The lowest BCUT2D eigenvalue weighted by Crippen LogP contribution is -2.17. The van der Waals surface area contributed by atoms with E-state index < -0.39 is 9.85 Å². The summed E-state index contributed by atoms with van der Waals surface area (Å²) >= 11 is 1.48. The quantitative estimate of drug-likeness (QED) is 0.454. The first kappa shape index (κ1) is 17.9. The van der Waals surface area contributed by atoms with Crippen LogP contribution < -0.4 is 4.90 Å². The molecule has 1 aliphatic rings. The molecule has 0 radical (unpaired) electrons. The van der Waals surface area contributed by atoms with Crippen molar-refractivity contribution >= 4 is 45.9 Å². The molecule has 28 heavy (non-hydrogen) atoms. The Morgan fingerprint density at radius 1 is 1.11 bits per heavy atom. The van der Waals surface area contributed by atoms with Gasteiger partial charge in [0.2, 0.25) is 0 Å². The van der Waals surface area contributed by atoms with Gasteiger partial charge in [0.05, 0.1) is 36.9 Å². The predicted octanol–water partition coefficient (Wildman–Crippen LogP) is 4.98. The van der Waals surface area contributed by atoms with E-state index in [1.807, 2.05) is 36.1 Å². The molecule has 0 N–H and O–H groups in total. The maximum Gasteiger partial charge on any atom is 0.283 e. The molecule has 0 unspecified atom stereocenters. The fourth-order valence-corrected chi connectivity index (χ4v) is 4.27. The van der Waals surface area contributed by atoms with Crippen LogP contribution in [0.2, 0.25) is 0 Å². The minimum absolute atomic E-state index is 0.299. The molecule has 0 saturated carbocycles. The van der Waals surface area contributed by atoms with Crippen molar-refractivity contribution < 1.29 is 9.85 Å². The summed E-state index contributed by atoms with van der Waals surface area (Å²) in [6, 6.07) is 13.5. The number of rotatable bonds is 4. The summed E-state index contributed by atoms with van der Waals surface area (Å²) in [6.45, 7) is 2.61. The highest BCUT2D eigenvalue weighted by molar-refractivity contribution is 8.03. The molecule has 0 atom stereocenters. The molecule has 3 aromatic rings. The lowest BCUT2D eigenvalue weighted by atomic mass is 10.1. The zero-order valence-electron chi connectivity index (χ0n) is 14.7. The van der Waals surface area contributed by atoms with Gasteiger partial charge in [-0.3, -0.25) is 20.2 Å². The van der Waals surface area contributed by atoms with Gasteiger partial charge >= 0.3 is 0 Å². The Bertz CT molecular complexity index is 1160. The van der Waals surface area contributed by atoms with Crippen LogP contribution in [0, 0.1) is 20.2 Å². The van der Waals surface area contributed by atoms with Gasteiger partial charge < -0.3 is 4.90 Å². The van der Waals surface area contributed by atoms with Gasteiger partial charge in [0.1, 0.15) is 5.82 Å². The Labute approximate surface area is 163 Å². The Hall–Kier alpha value is -3.46. The average Bonchev–Trinajstić information content (AvgIpc) is 3.01. The second-order valence-corrected chi connectivity index (χ2v) is 7.15. The van der Waals surface area contributed by atoms with E-state index in [4.69, 9.17) is 4.98 Å². The SMILES string of the molecule is CCN1C(=Cc2ccc([N+](=O)[O-])cc2[N+](=O)[O-])Sc2cc3ccccc3nc21. The number of hydrogen-bond acceptors (Lipinski definition) is 7. The Balaban J connectivity index is 1.81. The monoisotopic (exact) mass is 394 g/mol. The van der Waals surface area contributed by atoms with Crippen LogP contribution in [0.1, 0.15) is 12.5 Å². The zero-order valence-corrected chi connectivity index (χ0v) is 15.5. The maximum atomic E-state index is 11.4. The lowest BCUT2D eigenvalue weighted by molar-refractivity contribution is -0.394. The molecule has 0 amide bonds. The van der Waals surface area contributed by atoms with Crippen molar-refractivity contribution in [2.45, 2.75) is 11.8 Å². The zero-order chi connectivity index (χ0) is 19.8. The van der Waals surface area contributed by atoms with Crippen LogP contribution >= 0.6 is 11.8 Å². The summed E-state index contributed by atoms with van der Waals surface area (Å²) in [5, 5.41) is 24.2. The number of hydrogen-bond donors (Lipinski definition) is 0. The van der Waals surface area contributed by atoms with Gasteiger partial charge in [-0.25, -0.2) is 4.98 Å². The van der Waals surface area contributed by atoms with Crippen LogP contribution in [0.15, 0.2) is 58.5 Å². The summed E-state index contributed by atoms with van der Waals surface area (Å²) < 4.78 is 0. The number of thioether (sulfide) groups is 1. The van der Waals surface area contributed by atoms with E-state index in [0.29, 0.717) is 12.1 Å². The summed E-state index contributed by atoms with van der Waals surface area (Å²) in [7, 11) is 0. The molecule has 0 saturated heterocycles. The number of fused-ring (bicyclic) bond motifs is 2. The van der Waals surface area contributed by atoms with Crippen molar-refractivity contribution in [1.82, 2.24) is 4.98 Å². The van der Waals surface area contributed by atoms with Gasteiger partial charge in [0, 0.05) is 18.0 Å². The van der Waals surface area contributed by atoms with E-state index in [0.717, 1.165) is 32.7 Å². The van der Waals surface area contributed by atoms with Crippen LogP contribution in [-0.4, -0.2) is 21.4 Å². The van der Waals surface area contributed by atoms with Gasteiger partial charge in [-0.2, -0.15) is 0 Å². The summed E-state index contributed by atoms with van der Waals surface area (Å²) in [4.78, 5) is 28.8. The van der Waals surface area contributed by atoms with E-state index in [1.54, 1.807) is 6.08 Å². The second kappa shape index (κ2) is 6.93. The van der Waals surface area contributed by atoms with Crippen molar-refractivity contribution in [3.63, 3.8) is 0 Å². The average molecular weight is 394 g/mol. The van der Waals surface area contributed by atoms with E-state index in [-0.39, 0.29) is 11.4 Å². The number of pyridine rings is 1. The number of anilines is 1. The maximum absolute atomic E-state index is 11.4. The van der Waals surface area contributed by atoms with Crippen molar-refractivity contribution in [1.29, 1.82) is 0 Å². The van der Waals surface area contributed by atoms with Crippen LogP contribution in [0.5, 0.6) is 0 Å². The highest BCUT2D eigenvalue weighted by atomic mass is 32.2. The molecule has 0 bridgehead atoms. The van der Waals surface area contributed by atoms with Crippen LogP contribution in [-0.2, 0) is 0 Å². The van der Waals surface area contributed by atoms with Crippen LogP contribution in [0.25, 0.3) is 17.0 Å². The number of para-hydroxylation sites is 1. The van der Waals surface area contributed by atoms with Crippen LogP contribution in [0.4, 0.5) is 17.2 Å². The van der Waals surface area contributed by atoms with E-state index >= 15 is 0 Å². The van der Waals surface area contributed by atoms with Crippen LogP contribution in [0.3, 0.4) is 0 Å². The number of nitro benzene ring substituents is 2. The highest BCUT2D eigenvalue weighted by Gasteiger charge is 2.27. The first-order valence-corrected chi connectivity index (χ1v) is 9.29. The van der Waals surface area contributed by atoms with Crippen molar-refractivity contribution in [2.75, 3.05) is 11.4 Å². The molecule has 0 spiro atoms. The first-order chi connectivity index (χ1) is 13.5. The molecule has 140 valence electrons. The largest absolute Gasteiger partial charge is 0.320 e. The fourth-order valence-electron chi connectivity index (χ4n) is 3.10. The topological polar surface area (TPSA) is 102 Å². The van der Waals surface area contributed by atoms with E-state index in [1.165, 1.54) is 23.9 Å². The van der Waals surface area contributed by atoms with Crippen molar-refractivity contribution in [3.8, 4) is 0 Å². The molecule has 2 heterocycles. The lowest BCUT2D eigenvalue weighted by Gasteiger charge is -2.17. The molecule has 2 aromatic carbocycles. The predicted molar refractivity (Wildman–Crippen MR) is 108 cm³/mol. The van der Waals surface area contributed by atoms with Crippen molar-refractivity contribution in [3.05, 3.63) is 79.4 Å². The molecular formula is C19H14N4O4S. The number of nitro groups is 2. The summed E-state index contributed by atoms with van der Waals surface area (Å²) in [6.07, 6.45) is 1.68. The molecular weight excluding hydrogens is 380 g/mol. The van der Waals surface area contributed by atoms with Crippen molar-refractivity contribution in [2.24, 2.45) is 0 Å². The number of non-ortho nitro benzene ring substituents is 1. The second-order valence-electron chi connectivity index (χ2n) is 6.09.